The maximum Gasteiger partial charge on any atom is 0.407 e. The molecule has 152 valence electrons. The molecule has 1 atom stereocenters. The smallest absolute Gasteiger partial charge is 0.407 e. The van der Waals surface area contributed by atoms with Gasteiger partial charge in [-0.3, -0.25) is 4.79 Å². The highest BCUT2D eigenvalue weighted by atomic mass is 19.1. The molecular formula is C18H14F3N3O5. The lowest BCUT2D eigenvalue weighted by Gasteiger charge is -2.38. The molecule has 0 unspecified atom stereocenters. The Morgan fingerprint density at radius 3 is 2.66 bits per heavy atom. The summed E-state index contributed by atoms with van der Waals surface area (Å²) in [6, 6.07) is 2.43. The molecule has 1 aromatic heterocycles. The molecule has 11 heteroatoms. The average molecular weight is 409 g/mol. The van der Waals surface area contributed by atoms with Crippen molar-refractivity contribution in [3.05, 3.63) is 41.3 Å². The summed E-state index contributed by atoms with van der Waals surface area (Å²) in [5.41, 5.74) is -2.26. The lowest BCUT2D eigenvalue weighted by atomic mass is 10.1. The van der Waals surface area contributed by atoms with Crippen molar-refractivity contribution in [1.29, 1.82) is 0 Å². The molecule has 4 rings (SSSR count). The van der Waals surface area contributed by atoms with Gasteiger partial charge in [0.1, 0.15) is 29.4 Å². The summed E-state index contributed by atoms with van der Waals surface area (Å²) >= 11 is 0. The molecule has 1 aromatic carbocycles. The van der Waals surface area contributed by atoms with Gasteiger partial charge >= 0.3 is 6.09 Å². The van der Waals surface area contributed by atoms with E-state index in [1.165, 1.54) is 11.0 Å². The third-order valence-corrected chi connectivity index (χ3v) is 4.93. The third-order valence-electron chi connectivity index (χ3n) is 4.93. The molecule has 0 saturated carbocycles. The maximum absolute atomic E-state index is 15.1. The van der Waals surface area contributed by atoms with Crippen molar-refractivity contribution < 1.29 is 37.7 Å². The van der Waals surface area contributed by atoms with Crippen molar-refractivity contribution in [3.63, 3.8) is 0 Å². The number of amides is 2. The number of carboxylic acid groups (broad SMARTS) is 1. The van der Waals surface area contributed by atoms with Gasteiger partial charge in [-0.15, -0.1) is 0 Å². The molecule has 2 amide bonds. The molecule has 8 nitrogen and oxygen atoms in total. The van der Waals surface area contributed by atoms with E-state index in [0.717, 1.165) is 17.0 Å². The van der Waals surface area contributed by atoms with Crippen LogP contribution in [0.4, 0.5) is 18.0 Å². The Hall–Kier alpha value is -3.50. The van der Waals surface area contributed by atoms with Crippen molar-refractivity contribution in [2.45, 2.75) is 6.04 Å². The van der Waals surface area contributed by atoms with Crippen LogP contribution >= 0.6 is 0 Å². The zero-order chi connectivity index (χ0) is 20.9. The summed E-state index contributed by atoms with van der Waals surface area (Å²) < 4.78 is 49.3. The summed E-state index contributed by atoms with van der Waals surface area (Å²) in [5, 5.41) is 19.0. The van der Waals surface area contributed by atoms with E-state index in [1.54, 1.807) is 0 Å². The fourth-order valence-corrected chi connectivity index (χ4v) is 3.51. The van der Waals surface area contributed by atoms with Gasteiger partial charge in [-0.1, -0.05) is 6.07 Å². The number of pyridine rings is 1. The lowest BCUT2D eigenvalue weighted by molar-refractivity contribution is 0.0386. The van der Waals surface area contributed by atoms with Crippen LogP contribution in [0.25, 0.3) is 11.3 Å². The van der Waals surface area contributed by atoms with Gasteiger partial charge in [0.05, 0.1) is 11.6 Å². The van der Waals surface area contributed by atoms with Crippen molar-refractivity contribution in [1.82, 2.24) is 14.8 Å². The first kappa shape index (κ1) is 18.8. The van der Waals surface area contributed by atoms with Crippen molar-refractivity contribution >= 4 is 12.0 Å². The average Bonchev–Trinajstić information content (AvgIpc) is 2.82. The van der Waals surface area contributed by atoms with E-state index in [-0.39, 0.29) is 26.2 Å². The topological polar surface area (TPSA) is 103 Å². The van der Waals surface area contributed by atoms with Crippen LogP contribution in [0.3, 0.4) is 0 Å². The first-order valence-electron chi connectivity index (χ1n) is 8.58. The number of ether oxygens (including phenoxy) is 1. The molecule has 2 aromatic rings. The summed E-state index contributed by atoms with van der Waals surface area (Å²) in [4.78, 5) is 29.6. The van der Waals surface area contributed by atoms with Crippen LogP contribution in [-0.2, 0) is 0 Å². The number of hydrogen-bond donors (Lipinski definition) is 2. The first-order chi connectivity index (χ1) is 13.8. The Kier molecular flexibility index (Phi) is 4.44. The van der Waals surface area contributed by atoms with Gasteiger partial charge in [-0.25, -0.2) is 18.6 Å². The van der Waals surface area contributed by atoms with Gasteiger partial charge in [-0.05, 0) is 12.1 Å². The van der Waals surface area contributed by atoms with Crippen molar-refractivity contribution in [2.24, 2.45) is 0 Å². The van der Waals surface area contributed by atoms with Gasteiger partial charge in [0.15, 0.2) is 11.6 Å². The number of benzene rings is 1. The molecule has 0 bridgehead atoms. The predicted octanol–water partition coefficient (Wildman–Crippen LogP) is 2.07. The number of piperazine rings is 1. The Morgan fingerprint density at radius 2 is 1.97 bits per heavy atom. The van der Waals surface area contributed by atoms with Gasteiger partial charge in [0.2, 0.25) is 5.95 Å². The van der Waals surface area contributed by atoms with Crippen molar-refractivity contribution in [3.8, 4) is 22.8 Å². The first-order valence-corrected chi connectivity index (χ1v) is 8.58. The molecule has 0 spiro atoms. The number of rotatable bonds is 1. The Morgan fingerprint density at radius 1 is 1.21 bits per heavy atom. The quantitative estimate of drug-likeness (QED) is 0.699. The summed E-state index contributed by atoms with van der Waals surface area (Å²) in [6.07, 6.45) is -1.18. The minimum atomic E-state index is -1.38. The molecule has 2 N–H and O–H groups in total. The highest BCUT2D eigenvalue weighted by Crippen LogP contribution is 2.39. The number of phenols is 1. The molecule has 2 aliphatic rings. The van der Waals surface area contributed by atoms with E-state index in [0.29, 0.717) is 0 Å². The number of phenolic OH excluding ortho intramolecular Hbond substituents is 1. The number of carbonyl (C=O) groups excluding carboxylic acids is 1. The zero-order valence-corrected chi connectivity index (χ0v) is 14.7. The van der Waals surface area contributed by atoms with E-state index < -0.39 is 63.9 Å². The fraction of sp³-hybridized carbons (Fsp3) is 0.278. The lowest BCUT2D eigenvalue weighted by Crippen LogP contribution is -2.57. The van der Waals surface area contributed by atoms with Crippen molar-refractivity contribution in [2.75, 3.05) is 26.2 Å². The van der Waals surface area contributed by atoms with Crippen LogP contribution in [0.5, 0.6) is 11.5 Å². The van der Waals surface area contributed by atoms with Gasteiger partial charge in [0, 0.05) is 19.6 Å². The molecular weight excluding hydrogens is 395 g/mol. The van der Waals surface area contributed by atoms with Crippen LogP contribution < -0.4 is 4.74 Å². The monoisotopic (exact) mass is 409 g/mol. The van der Waals surface area contributed by atoms with Crippen LogP contribution in [0.2, 0.25) is 0 Å². The summed E-state index contributed by atoms with van der Waals surface area (Å²) in [7, 11) is 0. The Labute approximate surface area is 161 Å². The minimum Gasteiger partial charge on any atom is -0.507 e. The molecule has 0 aliphatic carbocycles. The number of halogens is 3. The number of nitrogens with zero attached hydrogens (tertiary/aromatic N) is 3. The standard InChI is InChI=1S/C18H14F3N3O5/c19-9-2-1-3-10(25)11(9)14-13(20)15-12(16(21)22-14)17(26)24-5-4-23(18(27)28)6-8(24)7-29-15/h1-3,8,25H,4-7H2,(H,27,28)/t8-/m1/s1. The van der Waals surface area contributed by atoms with E-state index >= 15 is 4.39 Å². The van der Waals surface area contributed by atoms with Gasteiger partial charge in [0.25, 0.3) is 5.91 Å². The fourth-order valence-electron chi connectivity index (χ4n) is 3.51. The van der Waals surface area contributed by atoms with E-state index in [4.69, 9.17) is 9.84 Å². The highest BCUT2D eigenvalue weighted by Gasteiger charge is 2.40. The number of aromatic hydroxyl groups is 1. The Bertz CT molecular complexity index is 1010. The summed E-state index contributed by atoms with van der Waals surface area (Å²) in [6.45, 7) is -0.417. The predicted molar refractivity (Wildman–Crippen MR) is 91.1 cm³/mol. The van der Waals surface area contributed by atoms with E-state index in [9.17, 15) is 23.5 Å². The second-order valence-corrected chi connectivity index (χ2v) is 6.60. The molecule has 0 radical (unpaired) electrons. The second-order valence-electron chi connectivity index (χ2n) is 6.60. The van der Waals surface area contributed by atoms with E-state index in [2.05, 4.69) is 4.98 Å². The number of carbonyl (C=O) groups is 2. The largest absolute Gasteiger partial charge is 0.507 e. The third kappa shape index (κ3) is 2.98. The van der Waals surface area contributed by atoms with E-state index in [1.807, 2.05) is 0 Å². The maximum atomic E-state index is 15.1. The van der Waals surface area contributed by atoms with Gasteiger partial charge in [-0.2, -0.15) is 4.39 Å². The zero-order valence-electron chi connectivity index (χ0n) is 14.7. The van der Waals surface area contributed by atoms with Crippen LogP contribution in [0.15, 0.2) is 18.2 Å². The molecule has 2 aliphatic heterocycles. The molecule has 3 heterocycles. The molecule has 1 fully saturated rings. The SMILES string of the molecule is O=C(O)N1CCN2C(=O)c3c(F)nc(-c4c(O)cccc4F)c(F)c3OC[C@H]2C1. The minimum absolute atomic E-state index is 0.00557. The molecule has 1 saturated heterocycles. The highest BCUT2D eigenvalue weighted by molar-refractivity contribution is 5.98. The number of fused-ring (bicyclic) bond motifs is 2. The van der Waals surface area contributed by atoms with Crippen LogP contribution in [0, 0.1) is 17.6 Å². The van der Waals surface area contributed by atoms with Gasteiger partial charge < -0.3 is 24.7 Å². The van der Waals surface area contributed by atoms with Crippen LogP contribution in [0.1, 0.15) is 10.4 Å². The molecule has 29 heavy (non-hydrogen) atoms. The van der Waals surface area contributed by atoms with Crippen LogP contribution in [-0.4, -0.2) is 69.3 Å². The summed E-state index contributed by atoms with van der Waals surface area (Å²) in [5.74, 6) is -6.04. The normalized spacial score (nSPS) is 18.6. The Balaban J connectivity index is 1.81. The number of aromatic nitrogens is 1. The second kappa shape index (κ2) is 6.83. The number of hydrogen-bond acceptors (Lipinski definition) is 5.